The maximum Gasteiger partial charge on any atom is 0.240 e. The summed E-state index contributed by atoms with van der Waals surface area (Å²) < 4.78 is 5.95. The van der Waals surface area contributed by atoms with Gasteiger partial charge in [0.1, 0.15) is 12.4 Å². The van der Waals surface area contributed by atoms with Gasteiger partial charge in [0.15, 0.2) is 0 Å². The molecule has 4 aliphatic rings. The van der Waals surface area contributed by atoms with Gasteiger partial charge >= 0.3 is 0 Å². The van der Waals surface area contributed by atoms with Gasteiger partial charge in [-0.3, -0.25) is 9.80 Å². The van der Waals surface area contributed by atoms with E-state index in [9.17, 15) is 5.11 Å². The van der Waals surface area contributed by atoms with E-state index in [4.69, 9.17) is 4.74 Å². The van der Waals surface area contributed by atoms with Gasteiger partial charge in [-0.05, 0) is 43.7 Å². The van der Waals surface area contributed by atoms with Crippen molar-refractivity contribution in [2.45, 2.75) is 32.7 Å². The van der Waals surface area contributed by atoms with Crippen molar-refractivity contribution < 1.29 is 19.6 Å². The van der Waals surface area contributed by atoms with Crippen molar-refractivity contribution >= 4 is 0 Å². The summed E-state index contributed by atoms with van der Waals surface area (Å²) >= 11 is 0. The standard InChI is InChI=1S/C23H28N2O2/c1-22-13-24-15-23(2,21(22)26)16-25(14-22)20(24)18-8-10-19(11-9-18)27-12-17-6-4-3-5-7-17/h3-11,20-21,26H,12-16H2,1-2H3/p+2. The molecule has 0 unspecified atom stereocenters. The summed E-state index contributed by atoms with van der Waals surface area (Å²) in [6.07, 6.45) is 0.328. The first-order valence-corrected chi connectivity index (χ1v) is 10.1. The monoisotopic (exact) mass is 366 g/mol. The van der Waals surface area contributed by atoms with Crippen LogP contribution < -0.4 is 14.5 Å². The Morgan fingerprint density at radius 3 is 2.00 bits per heavy atom. The van der Waals surface area contributed by atoms with Crippen LogP contribution in [0, 0.1) is 10.8 Å². The lowest BCUT2D eigenvalue weighted by Gasteiger charge is -2.62. The summed E-state index contributed by atoms with van der Waals surface area (Å²) in [5, 5.41) is 10.8. The third kappa shape index (κ3) is 2.78. The molecule has 4 fully saturated rings. The van der Waals surface area contributed by atoms with Crippen LogP contribution in [0.25, 0.3) is 0 Å². The fourth-order valence-electron chi connectivity index (χ4n) is 6.22. The van der Waals surface area contributed by atoms with Gasteiger partial charge in [-0.25, -0.2) is 0 Å². The third-order valence-corrected chi connectivity index (χ3v) is 7.12. The second kappa shape index (κ2) is 6.06. The molecule has 0 aromatic heterocycles. The molecule has 3 N–H and O–H groups in total. The van der Waals surface area contributed by atoms with Gasteiger partial charge in [-0.2, -0.15) is 0 Å². The Balaban J connectivity index is 1.32. The lowest BCUT2D eigenvalue weighted by atomic mass is 9.60. The second-order valence-electron chi connectivity index (χ2n) is 9.51. The molecule has 0 aliphatic carbocycles. The Morgan fingerprint density at radius 2 is 1.44 bits per heavy atom. The average Bonchev–Trinajstić information content (AvgIpc) is 2.65. The maximum absolute atomic E-state index is 10.8. The molecule has 142 valence electrons. The van der Waals surface area contributed by atoms with E-state index in [0.29, 0.717) is 12.8 Å². The van der Waals surface area contributed by atoms with Crippen molar-refractivity contribution in [3.05, 3.63) is 65.7 Å². The van der Waals surface area contributed by atoms with Crippen molar-refractivity contribution in [1.29, 1.82) is 0 Å². The number of nitrogens with one attached hydrogen (secondary N) is 2. The van der Waals surface area contributed by atoms with Crippen LogP contribution in [0.2, 0.25) is 0 Å². The van der Waals surface area contributed by atoms with Gasteiger partial charge in [-0.1, -0.05) is 30.3 Å². The molecule has 0 spiro atoms. The number of ether oxygens (including phenoxy) is 1. The second-order valence-corrected chi connectivity index (χ2v) is 9.51. The number of aliphatic hydroxyl groups is 1. The topological polar surface area (TPSA) is 38.3 Å². The van der Waals surface area contributed by atoms with Gasteiger partial charge in [0.25, 0.3) is 0 Å². The van der Waals surface area contributed by atoms with E-state index in [1.807, 2.05) is 18.2 Å². The predicted octanol–water partition coefficient (Wildman–Crippen LogP) is 0.448. The number of quaternary nitrogens is 2. The summed E-state index contributed by atoms with van der Waals surface area (Å²) in [6.45, 7) is 9.46. The largest absolute Gasteiger partial charge is 0.489 e. The molecule has 0 amide bonds. The maximum atomic E-state index is 10.8. The quantitative estimate of drug-likeness (QED) is 0.735. The number of hydrogen-bond donors (Lipinski definition) is 3. The number of aliphatic hydroxyl groups excluding tert-OH is 1. The fraction of sp³-hybridized carbons (Fsp3) is 0.478. The predicted molar refractivity (Wildman–Crippen MR) is 104 cm³/mol. The van der Waals surface area contributed by atoms with Crippen molar-refractivity contribution in [2.24, 2.45) is 10.8 Å². The molecule has 4 aliphatic heterocycles. The smallest absolute Gasteiger partial charge is 0.240 e. The van der Waals surface area contributed by atoms with Crippen molar-refractivity contribution in [2.75, 3.05) is 26.2 Å². The highest BCUT2D eigenvalue weighted by Crippen LogP contribution is 2.39. The molecule has 0 radical (unpaired) electrons. The van der Waals surface area contributed by atoms with E-state index in [0.717, 1.165) is 31.9 Å². The number of rotatable bonds is 4. The molecule has 0 saturated carbocycles. The molecular weight excluding hydrogens is 336 g/mol. The zero-order valence-electron chi connectivity index (χ0n) is 16.2. The van der Waals surface area contributed by atoms with Gasteiger partial charge in [-0.15, -0.1) is 0 Å². The molecule has 27 heavy (non-hydrogen) atoms. The summed E-state index contributed by atoms with van der Waals surface area (Å²) in [6, 6.07) is 19.0. The number of piperidine rings is 2. The van der Waals surface area contributed by atoms with Gasteiger partial charge in [0.2, 0.25) is 6.17 Å². The molecule has 4 heterocycles. The lowest BCUT2D eigenvalue weighted by molar-refractivity contribution is -1.19. The molecule has 4 nitrogen and oxygen atoms in total. The van der Waals surface area contributed by atoms with Crippen molar-refractivity contribution in [1.82, 2.24) is 0 Å². The van der Waals surface area contributed by atoms with E-state index in [2.05, 4.69) is 50.2 Å². The van der Waals surface area contributed by atoms with Gasteiger partial charge in [0, 0.05) is 0 Å². The molecule has 4 saturated heterocycles. The van der Waals surface area contributed by atoms with Crippen molar-refractivity contribution in [3.8, 4) is 5.75 Å². The van der Waals surface area contributed by atoms with Crippen LogP contribution in [0.1, 0.15) is 31.1 Å². The Labute approximate surface area is 161 Å². The first-order valence-electron chi connectivity index (χ1n) is 10.1. The van der Waals surface area contributed by atoms with Crippen LogP contribution >= 0.6 is 0 Å². The van der Waals surface area contributed by atoms with Crippen LogP contribution in [0.5, 0.6) is 5.75 Å². The molecule has 6 rings (SSSR count). The first kappa shape index (κ1) is 17.2. The number of hydrogen-bond acceptors (Lipinski definition) is 2. The van der Waals surface area contributed by atoms with Gasteiger partial charge < -0.3 is 9.84 Å². The SMILES string of the molecule is CC12C[NH+]3CC(C)(C[NH+](C1)C3c1ccc(OCc3ccccc3)cc1)C2O. The zero-order valence-corrected chi connectivity index (χ0v) is 16.2. The summed E-state index contributed by atoms with van der Waals surface area (Å²) in [5.41, 5.74) is 2.71. The highest BCUT2D eigenvalue weighted by atomic mass is 16.5. The summed E-state index contributed by atoms with van der Waals surface area (Å²) in [4.78, 5) is 3.27. The zero-order chi connectivity index (χ0) is 18.6. The van der Waals surface area contributed by atoms with Crippen LogP contribution in [0.3, 0.4) is 0 Å². The minimum Gasteiger partial charge on any atom is -0.489 e. The van der Waals surface area contributed by atoms with E-state index >= 15 is 0 Å². The minimum atomic E-state index is -0.160. The van der Waals surface area contributed by atoms with Gasteiger partial charge in [0.05, 0.1) is 48.7 Å². The Bertz CT molecular complexity index is 782. The van der Waals surface area contributed by atoms with E-state index in [-0.39, 0.29) is 16.9 Å². The first-order chi connectivity index (χ1) is 13.0. The lowest BCUT2D eigenvalue weighted by Crippen LogP contribution is -3.41. The van der Waals surface area contributed by atoms with Crippen LogP contribution in [0.4, 0.5) is 0 Å². The third-order valence-electron chi connectivity index (χ3n) is 7.12. The minimum absolute atomic E-state index is 0.0607. The summed E-state index contributed by atoms with van der Waals surface area (Å²) in [7, 11) is 0. The van der Waals surface area contributed by atoms with E-state index in [1.54, 1.807) is 9.80 Å². The molecular formula is C23H30N2O2+2. The molecule has 2 aromatic rings. The molecule has 4 bridgehead atoms. The molecule has 4 heteroatoms. The van der Waals surface area contributed by atoms with Crippen LogP contribution in [-0.4, -0.2) is 37.4 Å². The average molecular weight is 367 g/mol. The van der Waals surface area contributed by atoms with Crippen LogP contribution in [0.15, 0.2) is 54.6 Å². The highest BCUT2D eigenvalue weighted by molar-refractivity contribution is 5.28. The van der Waals surface area contributed by atoms with Crippen LogP contribution in [-0.2, 0) is 6.61 Å². The Kier molecular flexibility index (Phi) is 3.87. The van der Waals surface area contributed by atoms with E-state index in [1.165, 1.54) is 11.1 Å². The fourth-order valence-corrected chi connectivity index (χ4v) is 6.22. The summed E-state index contributed by atoms with van der Waals surface area (Å²) in [5.74, 6) is 0.927. The molecule has 0 atom stereocenters. The Morgan fingerprint density at radius 1 is 0.889 bits per heavy atom. The van der Waals surface area contributed by atoms with E-state index < -0.39 is 0 Å². The number of benzene rings is 2. The van der Waals surface area contributed by atoms with Crippen molar-refractivity contribution in [3.63, 3.8) is 0 Å². The Hall–Kier alpha value is -1.88. The molecule has 2 aromatic carbocycles. The normalized spacial score (nSPS) is 39.5. The highest BCUT2D eigenvalue weighted by Gasteiger charge is 2.67.